The number of hydrogen-bond donors (Lipinski definition) is 1. The minimum absolute atomic E-state index is 0.233. The van der Waals surface area contributed by atoms with Gasteiger partial charge in [-0.2, -0.15) is 0 Å². The Bertz CT molecular complexity index is 877. The number of methoxy groups -OCH3 is 1. The van der Waals surface area contributed by atoms with Crippen LogP contribution in [0.1, 0.15) is 5.56 Å². The van der Waals surface area contributed by atoms with E-state index in [9.17, 15) is 9.41 Å². The first-order valence-corrected chi connectivity index (χ1v) is 6.95. The van der Waals surface area contributed by atoms with E-state index in [1.54, 1.807) is 23.9 Å². The molecule has 4 rings (SSSR count). The summed E-state index contributed by atoms with van der Waals surface area (Å²) in [5, 5.41) is 10.8. The van der Waals surface area contributed by atoms with E-state index in [1.807, 2.05) is 24.3 Å². The fraction of sp³-hybridized carbons (Fsp3) is 0.125. The van der Waals surface area contributed by atoms with Crippen molar-refractivity contribution in [2.24, 2.45) is 0 Å². The van der Waals surface area contributed by atoms with Crippen molar-refractivity contribution in [3.8, 4) is 11.4 Å². The minimum Gasteiger partial charge on any atom is -0.497 e. The summed E-state index contributed by atoms with van der Waals surface area (Å²) in [5.74, 6) is 0.410. The topological polar surface area (TPSA) is 43.6 Å². The van der Waals surface area contributed by atoms with Crippen molar-refractivity contribution >= 4 is 23.5 Å². The number of aromatic nitrogens is 1. The molecule has 1 aliphatic heterocycles. The van der Waals surface area contributed by atoms with E-state index in [2.05, 4.69) is 0 Å². The standard InChI is InChI=1S/C16H13BFNO3/c1-21-12-2-3-15-10(6-12)4-5-19(15)16-8-13-11(7-14(16)18)9-22-17(13)20/h2-8,20H,9H2,1H3. The highest BCUT2D eigenvalue weighted by Gasteiger charge is 2.29. The van der Waals surface area contributed by atoms with Gasteiger partial charge in [-0.15, -0.1) is 0 Å². The predicted octanol–water partition coefficient (Wildman–Crippen LogP) is 2.00. The summed E-state index contributed by atoms with van der Waals surface area (Å²) >= 11 is 0. The number of hydrogen-bond acceptors (Lipinski definition) is 3. The van der Waals surface area contributed by atoms with Crippen LogP contribution in [-0.4, -0.2) is 23.8 Å². The van der Waals surface area contributed by atoms with Crippen LogP contribution < -0.4 is 10.2 Å². The Morgan fingerprint density at radius 2 is 2.14 bits per heavy atom. The summed E-state index contributed by atoms with van der Waals surface area (Å²) in [4.78, 5) is 0. The number of benzene rings is 2. The van der Waals surface area contributed by atoms with Crippen molar-refractivity contribution in [2.45, 2.75) is 6.61 Å². The lowest BCUT2D eigenvalue weighted by atomic mass is 9.79. The van der Waals surface area contributed by atoms with Crippen LogP contribution in [0.15, 0.2) is 42.6 Å². The van der Waals surface area contributed by atoms with Crippen molar-refractivity contribution < 1.29 is 18.8 Å². The first-order chi connectivity index (χ1) is 10.7. The maximum absolute atomic E-state index is 14.4. The number of rotatable bonds is 2. The van der Waals surface area contributed by atoms with Crippen molar-refractivity contribution in [2.75, 3.05) is 7.11 Å². The van der Waals surface area contributed by atoms with Crippen molar-refractivity contribution in [1.82, 2.24) is 4.57 Å². The molecule has 0 atom stereocenters. The lowest BCUT2D eigenvalue weighted by Gasteiger charge is -2.10. The van der Waals surface area contributed by atoms with Gasteiger partial charge in [-0.05, 0) is 47.4 Å². The van der Waals surface area contributed by atoms with Gasteiger partial charge in [0.1, 0.15) is 11.6 Å². The highest BCUT2D eigenvalue weighted by Crippen LogP contribution is 2.26. The Morgan fingerprint density at radius 1 is 1.27 bits per heavy atom. The van der Waals surface area contributed by atoms with Gasteiger partial charge in [0.15, 0.2) is 0 Å². The second-order valence-corrected chi connectivity index (χ2v) is 5.28. The predicted molar refractivity (Wildman–Crippen MR) is 82.2 cm³/mol. The molecule has 0 radical (unpaired) electrons. The molecule has 6 heteroatoms. The van der Waals surface area contributed by atoms with Crippen LogP contribution in [0.5, 0.6) is 5.75 Å². The molecular weight excluding hydrogens is 284 g/mol. The van der Waals surface area contributed by atoms with Gasteiger partial charge in [-0.1, -0.05) is 0 Å². The molecule has 110 valence electrons. The second-order valence-electron chi connectivity index (χ2n) is 5.28. The molecule has 1 N–H and O–H groups in total. The third-order valence-corrected chi connectivity index (χ3v) is 4.03. The Labute approximate surface area is 126 Å². The normalized spacial score (nSPS) is 13.7. The van der Waals surface area contributed by atoms with Gasteiger partial charge in [0.05, 0.1) is 24.9 Å². The van der Waals surface area contributed by atoms with E-state index < -0.39 is 7.12 Å². The van der Waals surface area contributed by atoms with Gasteiger partial charge in [-0.25, -0.2) is 4.39 Å². The molecule has 2 heterocycles. The molecule has 1 aliphatic rings. The van der Waals surface area contributed by atoms with E-state index in [1.165, 1.54) is 6.07 Å². The Kier molecular flexibility index (Phi) is 2.95. The molecular formula is C16H13BFNO3. The van der Waals surface area contributed by atoms with E-state index in [0.717, 1.165) is 16.7 Å². The molecule has 0 saturated carbocycles. The average Bonchev–Trinajstić information content (AvgIpc) is 3.10. The Morgan fingerprint density at radius 3 is 2.95 bits per heavy atom. The summed E-state index contributed by atoms with van der Waals surface area (Å²) in [6.07, 6.45) is 1.80. The lowest BCUT2D eigenvalue weighted by Crippen LogP contribution is -2.28. The van der Waals surface area contributed by atoms with Gasteiger partial charge in [0, 0.05) is 11.6 Å². The summed E-state index contributed by atoms with van der Waals surface area (Å²) in [5.41, 5.74) is 2.56. The molecule has 2 aromatic carbocycles. The average molecular weight is 297 g/mol. The molecule has 0 aliphatic carbocycles. The zero-order valence-corrected chi connectivity index (χ0v) is 11.9. The molecule has 0 unspecified atom stereocenters. The maximum atomic E-state index is 14.4. The van der Waals surface area contributed by atoms with Crippen molar-refractivity contribution in [1.29, 1.82) is 0 Å². The van der Waals surface area contributed by atoms with Crippen LogP contribution in [0.25, 0.3) is 16.6 Å². The van der Waals surface area contributed by atoms with Gasteiger partial charge in [-0.3, -0.25) is 0 Å². The third-order valence-electron chi connectivity index (χ3n) is 4.03. The number of halogens is 1. The van der Waals surface area contributed by atoms with Crippen LogP contribution >= 0.6 is 0 Å². The van der Waals surface area contributed by atoms with Gasteiger partial charge >= 0.3 is 7.12 Å². The first-order valence-electron chi connectivity index (χ1n) is 6.95. The zero-order chi connectivity index (χ0) is 15.3. The minimum atomic E-state index is -0.990. The van der Waals surface area contributed by atoms with Crippen molar-refractivity contribution in [3.05, 3.63) is 54.0 Å². The SMILES string of the molecule is COc1ccc2c(ccn2-c2cc3c(cc2F)COB3O)c1. The van der Waals surface area contributed by atoms with Crippen molar-refractivity contribution in [3.63, 3.8) is 0 Å². The van der Waals surface area contributed by atoms with Gasteiger partial charge in [0.25, 0.3) is 0 Å². The highest BCUT2D eigenvalue weighted by atomic mass is 19.1. The third kappa shape index (κ3) is 1.92. The summed E-state index contributed by atoms with van der Waals surface area (Å²) < 4.78 is 26.5. The van der Waals surface area contributed by atoms with E-state index in [0.29, 0.717) is 16.7 Å². The molecule has 3 aromatic rings. The molecule has 0 bridgehead atoms. The quantitative estimate of drug-likeness (QED) is 0.736. The summed E-state index contributed by atoms with van der Waals surface area (Å²) in [6.45, 7) is 0.233. The Hall–Kier alpha value is -2.31. The smallest absolute Gasteiger partial charge is 0.491 e. The summed E-state index contributed by atoms with van der Waals surface area (Å²) in [7, 11) is 0.621. The zero-order valence-electron chi connectivity index (χ0n) is 11.9. The molecule has 0 spiro atoms. The number of ether oxygens (including phenoxy) is 1. The molecule has 4 nitrogen and oxygen atoms in total. The Balaban J connectivity index is 1.90. The van der Waals surface area contributed by atoms with Crippen LogP contribution in [0.3, 0.4) is 0 Å². The van der Waals surface area contributed by atoms with Crippen LogP contribution in [0.4, 0.5) is 4.39 Å². The molecule has 0 fully saturated rings. The molecule has 1 aromatic heterocycles. The largest absolute Gasteiger partial charge is 0.497 e. The maximum Gasteiger partial charge on any atom is 0.491 e. The van der Waals surface area contributed by atoms with E-state index in [-0.39, 0.29) is 12.4 Å². The fourth-order valence-electron chi connectivity index (χ4n) is 2.87. The van der Waals surface area contributed by atoms with Gasteiger partial charge in [0.2, 0.25) is 0 Å². The highest BCUT2D eigenvalue weighted by molar-refractivity contribution is 6.61. The van der Waals surface area contributed by atoms with E-state index in [4.69, 9.17) is 9.39 Å². The summed E-state index contributed by atoms with van der Waals surface area (Å²) in [6, 6.07) is 10.6. The van der Waals surface area contributed by atoms with Gasteiger partial charge < -0.3 is 19.0 Å². The van der Waals surface area contributed by atoms with Crippen LogP contribution in [-0.2, 0) is 11.3 Å². The lowest BCUT2D eigenvalue weighted by molar-refractivity contribution is 0.275. The number of nitrogens with zero attached hydrogens (tertiary/aromatic N) is 1. The molecule has 0 amide bonds. The van der Waals surface area contributed by atoms with E-state index >= 15 is 0 Å². The fourth-order valence-corrected chi connectivity index (χ4v) is 2.87. The molecule has 0 saturated heterocycles. The first kappa shape index (κ1) is 13.4. The van der Waals surface area contributed by atoms with Crippen LogP contribution in [0, 0.1) is 5.82 Å². The number of fused-ring (bicyclic) bond motifs is 2. The van der Waals surface area contributed by atoms with Crippen LogP contribution in [0.2, 0.25) is 0 Å². The molecule has 22 heavy (non-hydrogen) atoms. The monoisotopic (exact) mass is 297 g/mol. The second kappa shape index (κ2) is 4.86.